The molecule has 0 saturated carbocycles. The summed E-state index contributed by atoms with van der Waals surface area (Å²) in [5.41, 5.74) is 14.0. The summed E-state index contributed by atoms with van der Waals surface area (Å²) in [5.74, 6) is 1.78. The van der Waals surface area contributed by atoms with Crippen molar-refractivity contribution in [3.05, 3.63) is 120 Å². The number of benzene rings is 5. The van der Waals surface area contributed by atoms with E-state index in [4.69, 9.17) is 14.4 Å². The zero-order valence-corrected chi connectivity index (χ0v) is 27.2. The molecule has 226 valence electrons. The minimum atomic E-state index is 0.345. The fourth-order valence-corrected chi connectivity index (χ4v) is 7.25. The fourth-order valence-electron chi connectivity index (χ4n) is 7.25. The summed E-state index contributed by atoms with van der Waals surface area (Å²) in [6.45, 7) is 11.3. The van der Waals surface area contributed by atoms with Gasteiger partial charge >= 0.3 is 0 Å². The number of para-hydroxylation sites is 3. The van der Waals surface area contributed by atoms with E-state index in [1.165, 1.54) is 27.8 Å². The topological polar surface area (TPSA) is 47.7 Å². The van der Waals surface area contributed by atoms with Gasteiger partial charge in [0, 0.05) is 34.5 Å². The number of hydrogen-bond acceptors (Lipinski definition) is 3. The minimum absolute atomic E-state index is 0.345. The first-order chi connectivity index (χ1) is 22.3. The van der Waals surface area contributed by atoms with Gasteiger partial charge in [-0.2, -0.15) is 4.57 Å². The van der Waals surface area contributed by atoms with Crippen LogP contribution in [0.3, 0.4) is 0 Å². The van der Waals surface area contributed by atoms with Crippen molar-refractivity contribution in [2.75, 3.05) is 0 Å². The summed E-state index contributed by atoms with van der Waals surface area (Å²) < 4.78 is 11.8. The van der Waals surface area contributed by atoms with E-state index in [1.807, 2.05) is 6.07 Å². The molecule has 46 heavy (non-hydrogen) atoms. The third kappa shape index (κ3) is 4.11. The van der Waals surface area contributed by atoms with Crippen LogP contribution in [0.5, 0.6) is 0 Å². The Bertz CT molecular complexity index is 2420. The second-order valence-corrected chi connectivity index (χ2v) is 13.0. The van der Waals surface area contributed by atoms with Crippen LogP contribution in [0.1, 0.15) is 56.2 Å². The molecular formula is C41H37N4O+. The first-order valence-electron chi connectivity index (χ1n) is 16.1. The predicted molar refractivity (Wildman–Crippen MR) is 189 cm³/mol. The Morgan fingerprint density at radius 1 is 0.739 bits per heavy atom. The van der Waals surface area contributed by atoms with E-state index >= 15 is 0 Å². The number of aryl methyl sites for hydroxylation is 2. The van der Waals surface area contributed by atoms with Crippen LogP contribution in [0.2, 0.25) is 0 Å². The molecular weight excluding hydrogens is 564 g/mol. The number of nitrogens with zero attached hydrogens (tertiary/aromatic N) is 4. The Balaban J connectivity index is 1.54. The fraction of sp³-hybridized carbons (Fsp3) is 0.195. The van der Waals surface area contributed by atoms with Gasteiger partial charge in [0.1, 0.15) is 22.4 Å². The van der Waals surface area contributed by atoms with E-state index < -0.39 is 0 Å². The molecule has 0 radical (unpaired) electrons. The molecule has 0 N–H and O–H groups in total. The smallest absolute Gasteiger partial charge is 0.299 e. The molecule has 0 amide bonds. The van der Waals surface area contributed by atoms with Gasteiger partial charge in [-0.3, -0.25) is 9.97 Å². The van der Waals surface area contributed by atoms with E-state index in [1.54, 1.807) is 12.4 Å². The minimum Gasteiger partial charge on any atom is -0.455 e. The third-order valence-corrected chi connectivity index (χ3v) is 9.45. The summed E-state index contributed by atoms with van der Waals surface area (Å²) >= 11 is 0. The quantitative estimate of drug-likeness (QED) is 0.184. The van der Waals surface area contributed by atoms with Gasteiger partial charge in [-0.1, -0.05) is 100 Å². The van der Waals surface area contributed by atoms with Gasteiger partial charge in [0.2, 0.25) is 0 Å². The van der Waals surface area contributed by atoms with Crippen molar-refractivity contribution in [2.24, 2.45) is 7.05 Å². The lowest BCUT2D eigenvalue weighted by Crippen LogP contribution is -2.30. The molecule has 8 aromatic rings. The Labute approximate surface area is 268 Å². The summed E-state index contributed by atoms with van der Waals surface area (Å²) in [5, 5.41) is 2.04. The molecule has 0 unspecified atom stereocenters. The molecule has 0 fully saturated rings. The van der Waals surface area contributed by atoms with Crippen LogP contribution < -0.4 is 4.57 Å². The van der Waals surface area contributed by atoms with Crippen molar-refractivity contribution in [3.63, 3.8) is 0 Å². The maximum Gasteiger partial charge on any atom is 0.299 e. The Hall–Kier alpha value is -5.29. The average molecular weight is 602 g/mol. The van der Waals surface area contributed by atoms with Crippen molar-refractivity contribution in [2.45, 2.75) is 46.5 Å². The van der Waals surface area contributed by atoms with Crippen LogP contribution in [0.25, 0.3) is 72.2 Å². The van der Waals surface area contributed by atoms with E-state index in [2.05, 4.69) is 136 Å². The van der Waals surface area contributed by atoms with Crippen molar-refractivity contribution in [3.8, 4) is 28.2 Å². The van der Waals surface area contributed by atoms with Gasteiger partial charge in [-0.05, 0) is 48.1 Å². The lowest BCUT2D eigenvalue weighted by Gasteiger charge is -2.18. The third-order valence-electron chi connectivity index (χ3n) is 9.45. The molecule has 0 atom stereocenters. The normalized spacial score (nSPS) is 12.1. The molecule has 3 aromatic heterocycles. The Morgan fingerprint density at radius 3 is 2.13 bits per heavy atom. The van der Waals surface area contributed by atoms with Crippen molar-refractivity contribution in [1.82, 2.24) is 14.5 Å². The van der Waals surface area contributed by atoms with E-state index in [0.717, 1.165) is 61.1 Å². The van der Waals surface area contributed by atoms with Crippen LogP contribution in [0.4, 0.5) is 0 Å². The highest BCUT2D eigenvalue weighted by atomic mass is 16.3. The van der Waals surface area contributed by atoms with Crippen molar-refractivity contribution in [1.29, 1.82) is 0 Å². The number of hydrogen-bond donors (Lipinski definition) is 0. The van der Waals surface area contributed by atoms with Crippen LogP contribution in [-0.4, -0.2) is 14.5 Å². The molecule has 3 heterocycles. The van der Waals surface area contributed by atoms with Crippen molar-refractivity contribution >= 4 is 44.0 Å². The second-order valence-electron chi connectivity index (χ2n) is 13.0. The first-order valence-corrected chi connectivity index (χ1v) is 16.1. The monoisotopic (exact) mass is 601 g/mol. The van der Waals surface area contributed by atoms with E-state index in [0.29, 0.717) is 11.8 Å². The molecule has 8 rings (SSSR count). The van der Waals surface area contributed by atoms with Gasteiger partial charge in [-0.15, -0.1) is 0 Å². The molecule has 5 aromatic carbocycles. The maximum absolute atomic E-state index is 6.99. The largest absolute Gasteiger partial charge is 0.455 e. The van der Waals surface area contributed by atoms with Crippen LogP contribution in [-0.2, 0) is 7.05 Å². The summed E-state index contributed by atoms with van der Waals surface area (Å²) in [6.07, 6.45) is 3.55. The van der Waals surface area contributed by atoms with E-state index in [9.17, 15) is 0 Å². The lowest BCUT2D eigenvalue weighted by atomic mass is 9.92. The zero-order valence-electron chi connectivity index (χ0n) is 27.2. The highest BCUT2D eigenvalue weighted by Crippen LogP contribution is 2.44. The molecule has 0 aliphatic heterocycles. The summed E-state index contributed by atoms with van der Waals surface area (Å²) in [6, 6.07) is 32.4. The molecule has 0 saturated heterocycles. The molecule has 5 nitrogen and oxygen atoms in total. The van der Waals surface area contributed by atoms with Crippen molar-refractivity contribution < 1.29 is 8.98 Å². The SMILES string of the molecule is Cc1ccc2c(oc3cc(-c4ccccc4)c4nccnc4c32)c1-c1n(-c2c(C(C)C)cccc2C(C)C)c2ccccc2[n+]1C. The van der Waals surface area contributed by atoms with Gasteiger partial charge in [-0.25, -0.2) is 4.57 Å². The number of aromatic nitrogens is 4. The summed E-state index contributed by atoms with van der Waals surface area (Å²) in [7, 11) is 2.18. The summed E-state index contributed by atoms with van der Waals surface area (Å²) in [4.78, 5) is 9.72. The Morgan fingerprint density at radius 2 is 1.41 bits per heavy atom. The van der Waals surface area contributed by atoms with Gasteiger partial charge in [0.05, 0.1) is 18.0 Å². The Kier molecular flexibility index (Phi) is 6.54. The van der Waals surface area contributed by atoms with Crippen LogP contribution in [0, 0.1) is 6.92 Å². The number of imidazole rings is 1. The standard InChI is InChI=1S/C41H37N4O/c1-24(2)28-15-12-16-29(25(3)4)39(28)45-33-18-11-10-17-32(33)44(6)41(45)35-26(5)19-20-30-36-34(46-40(30)35)23-31(27-13-8-7-9-14-27)37-38(36)43-22-21-42-37/h7-25H,1-6H3/q+1. The number of rotatable bonds is 5. The lowest BCUT2D eigenvalue weighted by molar-refractivity contribution is -0.633. The highest BCUT2D eigenvalue weighted by Gasteiger charge is 2.33. The van der Waals surface area contributed by atoms with Crippen LogP contribution in [0.15, 0.2) is 108 Å². The number of furan rings is 1. The maximum atomic E-state index is 6.99. The molecule has 0 spiro atoms. The highest BCUT2D eigenvalue weighted by molar-refractivity contribution is 6.21. The predicted octanol–water partition coefficient (Wildman–Crippen LogP) is 10.2. The molecule has 0 aliphatic rings. The molecule has 0 bridgehead atoms. The van der Waals surface area contributed by atoms with Gasteiger partial charge in [0.25, 0.3) is 5.82 Å². The van der Waals surface area contributed by atoms with Gasteiger partial charge in [0.15, 0.2) is 16.6 Å². The average Bonchev–Trinajstić information content (AvgIpc) is 3.59. The van der Waals surface area contributed by atoms with Gasteiger partial charge < -0.3 is 4.42 Å². The molecule has 5 heteroatoms. The molecule has 0 aliphatic carbocycles. The number of fused-ring (bicyclic) bond motifs is 6. The second kappa shape index (κ2) is 10.7. The first kappa shape index (κ1) is 28.2. The van der Waals surface area contributed by atoms with Crippen LogP contribution >= 0.6 is 0 Å². The zero-order chi connectivity index (χ0) is 31.7. The van der Waals surface area contributed by atoms with E-state index in [-0.39, 0.29) is 0 Å².